The molecule has 0 bridgehead atoms. The molecule has 4 heterocycles. The maximum atomic E-state index is 11.6. The van der Waals surface area contributed by atoms with Crippen LogP contribution in [0, 0.1) is 0 Å². The predicted octanol–water partition coefficient (Wildman–Crippen LogP) is 4.46. The van der Waals surface area contributed by atoms with E-state index in [4.69, 9.17) is 0 Å². The van der Waals surface area contributed by atoms with Gasteiger partial charge >= 0.3 is 0 Å². The second-order valence-corrected chi connectivity index (χ2v) is 7.22. The van der Waals surface area contributed by atoms with Crippen molar-refractivity contribution in [3.05, 3.63) is 95.7 Å². The Balaban J connectivity index is 0.000000171. The molecule has 1 amide bonds. The third-order valence-corrected chi connectivity index (χ3v) is 4.94. The molecule has 1 N–H and O–H groups in total. The van der Waals surface area contributed by atoms with E-state index >= 15 is 0 Å². The molecule has 5 aromatic rings. The number of nitrogens with zero attached hydrogens (tertiary/aromatic N) is 4. The minimum atomic E-state index is -0.0799. The Labute approximate surface area is 176 Å². The minimum absolute atomic E-state index is 0.0799. The summed E-state index contributed by atoms with van der Waals surface area (Å²) in [7, 11) is 1.63. The van der Waals surface area contributed by atoms with Gasteiger partial charge in [0.15, 0.2) is 0 Å². The average Bonchev–Trinajstić information content (AvgIpc) is 3.42. The Hall–Kier alpha value is -3.45. The van der Waals surface area contributed by atoms with Crippen LogP contribution in [0.2, 0.25) is 0 Å². The minimum Gasteiger partial charge on any atom is -0.355 e. The van der Waals surface area contributed by atoms with Crippen LogP contribution in [0.1, 0.15) is 10.4 Å². The highest BCUT2D eigenvalue weighted by Crippen LogP contribution is 2.21. The summed E-state index contributed by atoms with van der Waals surface area (Å²) < 4.78 is 4.97. The summed E-state index contributed by atoms with van der Waals surface area (Å²) in [6, 6.07) is 15.5. The number of nitrogens with one attached hydrogen (secondary N) is 1. The fraction of sp³-hybridized carbons (Fsp3) is 0.0455. The SMILES string of the molecule is Brc1ccn2ccnc2c1.CNC(=O)c1cccc(-c2ccn3ccnc3c2)c1. The van der Waals surface area contributed by atoms with E-state index in [1.807, 2.05) is 76.1 Å². The van der Waals surface area contributed by atoms with Crippen molar-refractivity contribution in [1.82, 2.24) is 24.1 Å². The maximum absolute atomic E-state index is 11.6. The van der Waals surface area contributed by atoms with Gasteiger partial charge in [-0.05, 0) is 47.5 Å². The molecule has 0 aliphatic carbocycles. The molecule has 0 spiro atoms. The molecule has 0 saturated heterocycles. The van der Waals surface area contributed by atoms with E-state index in [-0.39, 0.29) is 5.91 Å². The van der Waals surface area contributed by atoms with Gasteiger partial charge in [-0.25, -0.2) is 9.97 Å². The van der Waals surface area contributed by atoms with Crippen molar-refractivity contribution in [2.45, 2.75) is 0 Å². The Kier molecular flexibility index (Phi) is 5.39. The highest BCUT2D eigenvalue weighted by Gasteiger charge is 2.06. The van der Waals surface area contributed by atoms with Gasteiger partial charge in [-0.3, -0.25) is 4.79 Å². The highest BCUT2D eigenvalue weighted by molar-refractivity contribution is 9.10. The fourth-order valence-electron chi connectivity index (χ4n) is 2.96. The van der Waals surface area contributed by atoms with Gasteiger partial charge in [-0.15, -0.1) is 0 Å². The van der Waals surface area contributed by atoms with Crippen LogP contribution < -0.4 is 5.32 Å². The third-order valence-electron chi connectivity index (χ3n) is 4.44. The van der Waals surface area contributed by atoms with E-state index in [9.17, 15) is 4.79 Å². The number of carbonyl (C=O) groups excluding carboxylic acids is 1. The number of carbonyl (C=O) groups is 1. The standard InChI is InChI=1S/C15H13N3O.C7H5BrN2/c1-16-15(19)13-4-2-3-11(9-13)12-5-7-18-8-6-17-14(18)10-12;8-6-1-3-10-4-2-9-7(10)5-6/h2-10H,1H3,(H,16,19);1-5H. The van der Waals surface area contributed by atoms with Crippen molar-refractivity contribution in [2.24, 2.45) is 0 Å². The van der Waals surface area contributed by atoms with Crippen LogP contribution in [0.25, 0.3) is 22.4 Å². The number of pyridine rings is 2. The van der Waals surface area contributed by atoms with E-state index in [0.29, 0.717) is 5.56 Å². The predicted molar refractivity (Wildman–Crippen MR) is 117 cm³/mol. The van der Waals surface area contributed by atoms with E-state index in [0.717, 1.165) is 26.9 Å². The van der Waals surface area contributed by atoms with Gasteiger partial charge < -0.3 is 14.1 Å². The molecule has 0 radical (unpaired) electrons. The number of halogens is 1. The zero-order valence-corrected chi connectivity index (χ0v) is 17.2. The second-order valence-electron chi connectivity index (χ2n) is 6.31. The number of rotatable bonds is 2. The Bertz CT molecular complexity index is 1290. The van der Waals surface area contributed by atoms with Gasteiger partial charge in [0, 0.05) is 54.3 Å². The van der Waals surface area contributed by atoms with Crippen LogP contribution in [0.4, 0.5) is 0 Å². The molecule has 0 atom stereocenters. The largest absolute Gasteiger partial charge is 0.355 e. The van der Waals surface area contributed by atoms with Crippen molar-refractivity contribution < 1.29 is 4.79 Å². The van der Waals surface area contributed by atoms with Gasteiger partial charge in [0.05, 0.1) is 0 Å². The van der Waals surface area contributed by atoms with Crippen LogP contribution in [0.5, 0.6) is 0 Å². The summed E-state index contributed by atoms with van der Waals surface area (Å²) in [4.78, 5) is 20.0. The molecule has 5 rings (SSSR count). The molecule has 7 heteroatoms. The normalized spacial score (nSPS) is 10.6. The first-order valence-corrected chi connectivity index (χ1v) is 9.77. The molecule has 1 aromatic carbocycles. The molecular weight excluding hydrogens is 430 g/mol. The molecule has 6 nitrogen and oxygen atoms in total. The van der Waals surface area contributed by atoms with Crippen molar-refractivity contribution in [3.8, 4) is 11.1 Å². The third kappa shape index (κ3) is 4.20. The van der Waals surface area contributed by atoms with Gasteiger partial charge in [-0.2, -0.15) is 0 Å². The lowest BCUT2D eigenvalue weighted by Crippen LogP contribution is -2.17. The molecule has 29 heavy (non-hydrogen) atoms. The van der Waals surface area contributed by atoms with Crippen LogP contribution >= 0.6 is 15.9 Å². The molecular formula is C22H18BrN5O. The van der Waals surface area contributed by atoms with Crippen LogP contribution in [-0.2, 0) is 0 Å². The number of imidazole rings is 2. The fourth-order valence-corrected chi connectivity index (χ4v) is 3.28. The first-order chi connectivity index (χ1) is 14.1. The molecule has 4 aromatic heterocycles. The molecule has 0 unspecified atom stereocenters. The monoisotopic (exact) mass is 447 g/mol. The maximum Gasteiger partial charge on any atom is 0.251 e. The Morgan fingerprint density at radius 3 is 2.24 bits per heavy atom. The van der Waals surface area contributed by atoms with Crippen LogP contribution in [0.3, 0.4) is 0 Å². The molecule has 0 saturated carbocycles. The summed E-state index contributed by atoms with van der Waals surface area (Å²) >= 11 is 3.36. The topological polar surface area (TPSA) is 63.7 Å². The average molecular weight is 448 g/mol. The zero-order chi connectivity index (χ0) is 20.2. The lowest BCUT2D eigenvalue weighted by atomic mass is 10.0. The van der Waals surface area contributed by atoms with E-state index in [1.54, 1.807) is 25.5 Å². The molecule has 0 fully saturated rings. The van der Waals surface area contributed by atoms with Crippen LogP contribution in [-0.4, -0.2) is 31.7 Å². The van der Waals surface area contributed by atoms with Gasteiger partial charge in [0.1, 0.15) is 11.3 Å². The molecule has 144 valence electrons. The van der Waals surface area contributed by atoms with E-state index in [2.05, 4.69) is 31.2 Å². The number of aromatic nitrogens is 4. The number of hydrogen-bond donors (Lipinski definition) is 1. The van der Waals surface area contributed by atoms with Gasteiger partial charge in [-0.1, -0.05) is 28.1 Å². The Morgan fingerprint density at radius 1 is 0.862 bits per heavy atom. The van der Waals surface area contributed by atoms with E-state index < -0.39 is 0 Å². The number of benzene rings is 1. The van der Waals surface area contributed by atoms with E-state index in [1.165, 1.54) is 0 Å². The number of hydrogen-bond acceptors (Lipinski definition) is 3. The van der Waals surface area contributed by atoms with Gasteiger partial charge in [0.2, 0.25) is 0 Å². The van der Waals surface area contributed by atoms with Crippen molar-refractivity contribution in [2.75, 3.05) is 7.05 Å². The van der Waals surface area contributed by atoms with Gasteiger partial charge in [0.25, 0.3) is 5.91 Å². The lowest BCUT2D eigenvalue weighted by molar-refractivity contribution is 0.0963. The van der Waals surface area contributed by atoms with Crippen molar-refractivity contribution >= 4 is 33.1 Å². The molecule has 0 aliphatic heterocycles. The van der Waals surface area contributed by atoms with Crippen LogP contribution in [0.15, 0.2) is 90.2 Å². The highest BCUT2D eigenvalue weighted by atomic mass is 79.9. The summed E-state index contributed by atoms with van der Waals surface area (Å²) in [6.45, 7) is 0. The first kappa shape index (κ1) is 18.9. The number of amides is 1. The summed E-state index contributed by atoms with van der Waals surface area (Å²) in [5.74, 6) is -0.0799. The smallest absolute Gasteiger partial charge is 0.251 e. The second kappa shape index (κ2) is 8.28. The van der Waals surface area contributed by atoms with Crippen molar-refractivity contribution in [1.29, 1.82) is 0 Å². The summed E-state index contributed by atoms with van der Waals surface area (Å²) in [5, 5.41) is 2.63. The lowest BCUT2D eigenvalue weighted by Gasteiger charge is -2.05. The molecule has 0 aliphatic rings. The Morgan fingerprint density at radius 2 is 1.52 bits per heavy atom. The quantitative estimate of drug-likeness (QED) is 0.434. The zero-order valence-electron chi connectivity index (χ0n) is 15.7. The number of fused-ring (bicyclic) bond motifs is 2. The summed E-state index contributed by atoms with van der Waals surface area (Å²) in [6.07, 6.45) is 11.3. The first-order valence-electron chi connectivity index (χ1n) is 8.97. The van der Waals surface area contributed by atoms with Crippen molar-refractivity contribution in [3.63, 3.8) is 0 Å². The summed E-state index contributed by atoms with van der Waals surface area (Å²) in [5.41, 5.74) is 4.57.